The Hall–Kier alpha value is -1.00. The Morgan fingerprint density at radius 1 is 1.41 bits per heavy atom. The van der Waals surface area contributed by atoms with Gasteiger partial charge >= 0.3 is 0 Å². The maximum atomic E-state index is 11.8. The Morgan fingerprint density at radius 3 is 2.94 bits per heavy atom. The molecule has 2 N–H and O–H groups in total. The third-order valence-corrected chi connectivity index (χ3v) is 3.64. The van der Waals surface area contributed by atoms with Crippen molar-refractivity contribution in [2.75, 3.05) is 17.6 Å². The summed E-state index contributed by atoms with van der Waals surface area (Å²) in [4.78, 5) is 13.0. The second-order valence-corrected chi connectivity index (χ2v) is 5.40. The van der Waals surface area contributed by atoms with Gasteiger partial charge in [0.05, 0.1) is 0 Å². The second kappa shape index (κ2) is 5.56. The Morgan fingerprint density at radius 2 is 2.24 bits per heavy atom. The van der Waals surface area contributed by atoms with Crippen molar-refractivity contribution >= 4 is 23.4 Å². The maximum absolute atomic E-state index is 11.8. The fourth-order valence-corrected chi connectivity index (χ4v) is 2.69. The first kappa shape index (κ1) is 12.5. The predicted molar refractivity (Wildman–Crippen MR) is 72.5 cm³/mol. The van der Waals surface area contributed by atoms with Crippen molar-refractivity contribution in [3.05, 3.63) is 23.8 Å². The van der Waals surface area contributed by atoms with Crippen LogP contribution in [0.2, 0.25) is 0 Å². The van der Waals surface area contributed by atoms with Crippen LogP contribution in [-0.4, -0.2) is 18.2 Å². The molecule has 1 amide bonds. The molecular weight excluding hydrogens is 232 g/mol. The number of hydrogen-bond donors (Lipinski definition) is 2. The van der Waals surface area contributed by atoms with Gasteiger partial charge in [-0.25, -0.2) is 0 Å². The molecule has 0 saturated carbocycles. The van der Waals surface area contributed by atoms with E-state index in [0.717, 1.165) is 30.0 Å². The molecule has 0 aliphatic carbocycles. The summed E-state index contributed by atoms with van der Waals surface area (Å²) in [7, 11) is 0. The van der Waals surface area contributed by atoms with Crippen molar-refractivity contribution in [3.8, 4) is 0 Å². The van der Waals surface area contributed by atoms with Gasteiger partial charge in [-0.15, -0.1) is 11.8 Å². The van der Waals surface area contributed by atoms with E-state index < -0.39 is 0 Å². The number of rotatable bonds is 5. The minimum atomic E-state index is -0.175. The van der Waals surface area contributed by atoms with Gasteiger partial charge in [0.25, 0.3) is 0 Å². The van der Waals surface area contributed by atoms with Gasteiger partial charge in [-0.1, -0.05) is 19.9 Å². The maximum Gasteiger partial charge on any atom is 0.246 e. The van der Waals surface area contributed by atoms with Crippen molar-refractivity contribution in [3.63, 3.8) is 0 Å². The van der Waals surface area contributed by atoms with Crippen LogP contribution in [0.15, 0.2) is 23.1 Å². The van der Waals surface area contributed by atoms with E-state index in [1.807, 2.05) is 0 Å². The van der Waals surface area contributed by atoms with E-state index in [4.69, 9.17) is 0 Å². The van der Waals surface area contributed by atoms with Crippen molar-refractivity contribution < 1.29 is 4.79 Å². The van der Waals surface area contributed by atoms with Gasteiger partial charge in [0.15, 0.2) is 0 Å². The SMILES string of the molecule is CCCNC1C(=O)Nc2cc(SCC)ccc21. The highest BCUT2D eigenvalue weighted by atomic mass is 32.2. The van der Waals surface area contributed by atoms with Gasteiger partial charge < -0.3 is 10.6 Å². The lowest BCUT2D eigenvalue weighted by Gasteiger charge is -2.10. The molecule has 92 valence electrons. The normalized spacial score (nSPS) is 18.0. The third kappa shape index (κ3) is 2.64. The van der Waals surface area contributed by atoms with Crippen LogP contribution < -0.4 is 10.6 Å². The lowest BCUT2D eigenvalue weighted by Crippen LogP contribution is -2.27. The van der Waals surface area contributed by atoms with E-state index in [1.54, 1.807) is 11.8 Å². The number of thioether (sulfide) groups is 1. The Kier molecular flexibility index (Phi) is 4.07. The molecule has 3 nitrogen and oxygen atoms in total. The van der Waals surface area contributed by atoms with E-state index in [9.17, 15) is 4.79 Å². The Balaban J connectivity index is 2.19. The van der Waals surface area contributed by atoms with Crippen LogP contribution in [0, 0.1) is 0 Å². The van der Waals surface area contributed by atoms with Crippen molar-refractivity contribution in [2.24, 2.45) is 0 Å². The molecule has 0 aromatic heterocycles. The molecule has 4 heteroatoms. The van der Waals surface area contributed by atoms with Crippen LogP contribution in [0.1, 0.15) is 31.9 Å². The molecule has 0 spiro atoms. The molecule has 1 unspecified atom stereocenters. The van der Waals surface area contributed by atoms with Crippen LogP contribution in [0.4, 0.5) is 5.69 Å². The van der Waals surface area contributed by atoms with Crippen molar-refractivity contribution in [1.29, 1.82) is 0 Å². The van der Waals surface area contributed by atoms with Crippen LogP contribution in [0.5, 0.6) is 0 Å². The molecule has 1 aliphatic heterocycles. The van der Waals surface area contributed by atoms with Gasteiger partial charge in [0.2, 0.25) is 5.91 Å². The Labute approximate surface area is 106 Å². The lowest BCUT2D eigenvalue weighted by molar-refractivity contribution is -0.117. The molecule has 0 bridgehead atoms. The summed E-state index contributed by atoms with van der Waals surface area (Å²) >= 11 is 1.79. The van der Waals surface area contributed by atoms with Crippen LogP contribution >= 0.6 is 11.8 Å². The lowest BCUT2D eigenvalue weighted by atomic mass is 10.1. The first-order chi connectivity index (χ1) is 8.26. The van der Waals surface area contributed by atoms with Crippen LogP contribution in [0.25, 0.3) is 0 Å². The topological polar surface area (TPSA) is 41.1 Å². The number of hydrogen-bond acceptors (Lipinski definition) is 3. The summed E-state index contributed by atoms with van der Waals surface area (Å²) in [5.74, 6) is 1.11. The van der Waals surface area contributed by atoms with E-state index in [1.165, 1.54) is 4.90 Å². The van der Waals surface area contributed by atoms with Gasteiger partial charge in [-0.05, 0) is 30.9 Å². The van der Waals surface area contributed by atoms with Gasteiger partial charge in [0, 0.05) is 16.1 Å². The highest BCUT2D eigenvalue weighted by molar-refractivity contribution is 7.99. The largest absolute Gasteiger partial charge is 0.324 e. The fraction of sp³-hybridized carbons (Fsp3) is 0.462. The second-order valence-electron chi connectivity index (χ2n) is 4.06. The number of anilines is 1. The molecule has 0 saturated heterocycles. The molecule has 17 heavy (non-hydrogen) atoms. The molecule has 0 radical (unpaired) electrons. The van der Waals surface area contributed by atoms with Crippen molar-refractivity contribution in [1.82, 2.24) is 5.32 Å². The van der Waals surface area contributed by atoms with Gasteiger partial charge in [-0.3, -0.25) is 4.79 Å². The zero-order chi connectivity index (χ0) is 12.3. The third-order valence-electron chi connectivity index (χ3n) is 2.77. The summed E-state index contributed by atoms with van der Waals surface area (Å²) in [5, 5.41) is 6.21. The van der Waals surface area contributed by atoms with E-state index in [0.29, 0.717) is 0 Å². The van der Waals surface area contributed by atoms with E-state index in [2.05, 4.69) is 42.7 Å². The summed E-state index contributed by atoms with van der Waals surface area (Å²) in [6.07, 6.45) is 1.03. The zero-order valence-electron chi connectivity index (χ0n) is 10.2. The van der Waals surface area contributed by atoms with Gasteiger partial charge in [-0.2, -0.15) is 0 Å². The average molecular weight is 250 g/mol. The smallest absolute Gasteiger partial charge is 0.246 e. The quantitative estimate of drug-likeness (QED) is 0.790. The fourth-order valence-electron chi connectivity index (χ4n) is 1.99. The average Bonchev–Trinajstić information content (AvgIpc) is 2.62. The number of amides is 1. The van der Waals surface area contributed by atoms with E-state index in [-0.39, 0.29) is 11.9 Å². The minimum Gasteiger partial charge on any atom is -0.324 e. The first-order valence-corrected chi connectivity index (χ1v) is 7.05. The van der Waals surface area contributed by atoms with Gasteiger partial charge in [0.1, 0.15) is 6.04 Å². The van der Waals surface area contributed by atoms with Crippen LogP contribution in [0.3, 0.4) is 0 Å². The first-order valence-electron chi connectivity index (χ1n) is 6.07. The number of carbonyl (C=O) groups is 1. The minimum absolute atomic E-state index is 0.0621. The molecule has 2 rings (SSSR count). The highest BCUT2D eigenvalue weighted by Crippen LogP contribution is 2.34. The zero-order valence-corrected chi connectivity index (χ0v) is 11.1. The molecule has 0 fully saturated rings. The number of benzene rings is 1. The molecule has 1 aliphatic rings. The monoisotopic (exact) mass is 250 g/mol. The molecular formula is C13H18N2OS. The number of carbonyl (C=O) groups excluding carboxylic acids is 1. The van der Waals surface area contributed by atoms with Crippen molar-refractivity contribution in [2.45, 2.75) is 31.2 Å². The van der Waals surface area contributed by atoms with Crippen LogP contribution in [-0.2, 0) is 4.79 Å². The Bertz CT molecular complexity index is 420. The summed E-state index contributed by atoms with van der Waals surface area (Å²) in [6, 6.07) is 6.03. The molecule has 1 atom stereocenters. The highest BCUT2D eigenvalue weighted by Gasteiger charge is 2.29. The summed E-state index contributed by atoms with van der Waals surface area (Å²) < 4.78 is 0. The predicted octanol–water partition coefficient (Wildman–Crippen LogP) is 2.79. The summed E-state index contributed by atoms with van der Waals surface area (Å²) in [5.41, 5.74) is 2.03. The summed E-state index contributed by atoms with van der Waals surface area (Å²) in [6.45, 7) is 5.09. The number of fused-ring (bicyclic) bond motifs is 1. The molecule has 1 heterocycles. The molecule has 1 aromatic carbocycles. The standard InChI is InChI=1S/C13H18N2OS/c1-3-7-14-12-10-6-5-9(17-4-2)8-11(10)15-13(12)16/h5-6,8,12,14H,3-4,7H2,1-2H3,(H,15,16). The molecule has 1 aromatic rings. The van der Waals surface area contributed by atoms with E-state index >= 15 is 0 Å². The number of nitrogens with one attached hydrogen (secondary N) is 2.